The number of anilines is 2. The van der Waals surface area contributed by atoms with Gasteiger partial charge in [0.25, 0.3) is 5.91 Å². The highest BCUT2D eigenvalue weighted by Crippen LogP contribution is 2.30. The first-order chi connectivity index (χ1) is 14.5. The van der Waals surface area contributed by atoms with Gasteiger partial charge in [0.1, 0.15) is 0 Å². The Kier molecular flexibility index (Phi) is 6.02. The van der Waals surface area contributed by atoms with Crippen molar-refractivity contribution < 1.29 is 4.79 Å². The molecule has 1 aliphatic heterocycles. The molecule has 0 radical (unpaired) electrons. The second-order valence-electron chi connectivity index (χ2n) is 7.71. The topological polar surface area (TPSA) is 62.5 Å². The van der Waals surface area contributed by atoms with Crippen molar-refractivity contribution in [1.82, 2.24) is 9.88 Å². The van der Waals surface area contributed by atoms with Gasteiger partial charge < -0.3 is 10.6 Å². The van der Waals surface area contributed by atoms with Crippen LogP contribution in [-0.2, 0) is 0 Å². The van der Waals surface area contributed by atoms with Crippen molar-refractivity contribution in [3.8, 4) is 11.1 Å². The Morgan fingerprint density at radius 2 is 1.90 bits per heavy atom. The number of para-hydroxylation sites is 1. The highest BCUT2D eigenvalue weighted by atomic mass is 35.5. The number of aromatic nitrogens is 1. The molecule has 4 rings (SSSR count). The van der Waals surface area contributed by atoms with E-state index in [0.29, 0.717) is 22.1 Å². The first-order valence-corrected chi connectivity index (χ1v) is 10.5. The summed E-state index contributed by atoms with van der Waals surface area (Å²) in [6, 6.07) is 18.9. The van der Waals surface area contributed by atoms with Crippen LogP contribution in [0.5, 0.6) is 0 Å². The van der Waals surface area contributed by atoms with Crippen LogP contribution in [-0.4, -0.2) is 42.0 Å². The van der Waals surface area contributed by atoms with Crippen molar-refractivity contribution in [2.75, 3.05) is 30.8 Å². The molecule has 1 atom stereocenters. The van der Waals surface area contributed by atoms with Gasteiger partial charge in [0, 0.05) is 29.6 Å². The Bertz CT molecular complexity index is 1040. The molecule has 0 spiro atoms. The number of piperidine rings is 1. The summed E-state index contributed by atoms with van der Waals surface area (Å²) in [5, 5.41) is 0.479. The van der Waals surface area contributed by atoms with Gasteiger partial charge in [0.05, 0.1) is 11.1 Å². The first kappa shape index (κ1) is 20.4. The number of hydrogen-bond acceptors (Lipinski definition) is 4. The van der Waals surface area contributed by atoms with Gasteiger partial charge in [-0.05, 0) is 62.3 Å². The van der Waals surface area contributed by atoms with Crippen LogP contribution in [0.2, 0.25) is 5.02 Å². The predicted octanol–water partition coefficient (Wildman–Crippen LogP) is 4.73. The molecule has 0 bridgehead atoms. The number of likely N-dealkylation sites (N-methyl/N-ethyl adjacent to an activating group) is 1. The Morgan fingerprint density at radius 1 is 1.13 bits per heavy atom. The largest absolute Gasteiger partial charge is 0.398 e. The molecule has 2 N–H and O–H groups in total. The number of nitrogens with two attached hydrogens (primary N) is 1. The number of rotatable bonds is 4. The molecule has 5 nitrogen and oxygen atoms in total. The number of hydrogen-bond donors (Lipinski definition) is 1. The molecule has 2 aromatic carbocycles. The molecule has 1 aliphatic rings. The Hall–Kier alpha value is -2.89. The standard InChI is InChI=1S/C24H25ClN4O/c1-28-15-5-6-19(16-28)29(23-21(25)8-4-14-27-23)24(30)18-12-10-17(11-13-18)20-7-2-3-9-22(20)26/h2-4,7-14,19H,5-6,15-16,26H2,1H3/t19-/m1/s1. The van der Waals surface area contributed by atoms with E-state index in [-0.39, 0.29) is 11.9 Å². The summed E-state index contributed by atoms with van der Waals surface area (Å²) in [6.07, 6.45) is 3.62. The number of benzene rings is 2. The number of nitrogens with zero attached hydrogens (tertiary/aromatic N) is 3. The second kappa shape index (κ2) is 8.86. The minimum absolute atomic E-state index is 0.0214. The summed E-state index contributed by atoms with van der Waals surface area (Å²) in [4.78, 5) is 22.1. The summed E-state index contributed by atoms with van der Waals surface area (Å²) in [6.45, 7) is 1.82. The fourth-order valence-electron chi connectivity index (χ4n) is 4.03. The zero-order valence-corrected chi connectivity index (χ0v) is 17.7. The van der Waals surface area contributed by atoms with E-state index in [1.165, 1.54) is 0 Å². The lowest BCUT2D eigenvalue weighted by molar-refractivity contribution is 0.0960. The number of halogens is 1. The third-order valence-corrected chi connectivity index (χ3v) is 5.85. The van der Waals surface area contributed by atoms with Crippen LogP contribution in [0.15, 0.2) is 66.9 Å². The minimum Gasteiger partial charge on any atom is -0.398 e. The summed E-state index contributed by atoms with van der Waals surface area (Å²) >= 11 is 6.44. The molecule has 30 heavy (non-hydrogen) atoms. The van der Waals surface area contributed by atoms with E-state index in [0.717, 1.165) is 37.1 Å². The van der Waals surface area contributed by atoms with Crippen molar-refractivity contribution in [2.45, 2.75) is 18.9 Å². The van der Waals surface area contributed by atoms with Crippen molar-refractivity contribution >= 4 is 29.0 Å². The van der Waals surface area contributed by atoms with Gasteiger partial charge in [-0.25, -0.2) is 4.98 Å². The van der Waals surface area contributed by atoms with Crippen LogP contribution in [0.25, 0.3) is 11.1 Å². The Balaban J connectivity index is 1.68. The molecule has 1 amide bonds. The van der Waals surface area contributed by atoms with Gasteiger partial charge in [-0.2, -0.15) is 0 Å². The van der Waals surface area contributed by atoms with E-state index >= 15 is 0 Å². The maximum absolute atomic E-state index is 13.6. The van der Waals surface area contributed by atoms with E-state index in [1.807, 2.05) is 48.5 Å². The highest BCUT2D eigenvalue weighted by Gasteiger charge is 2.31. The average molecular weight is 421 g/mol. The molecule has 1 fully saturated rings. The lowest BCUT2D eigenvalue weighted by atomic mass is 10.0. The number of amides is 1. The molecular formula is C24H25ClN4O. The highest BCUT2D eigenvalue weighted by molar-refractivity contribution is 6.33. The van der Waals surface area contributed by atoms with Crippen LogP contribution >= 0.6 is 11.6 Å². The summed E-state index contributed by atoms with van der Waals surface area (Å²) in [5.74, 6) is 0.421. The smallest absolute Gasteiger partial charge is 0.259 e. The van der Waals surface area contributed by atoms with Crippen molar-refractivity contribution in [2.24, 2.45) is 0 Å². The molecule has 0 saturated carbocycles. The summed E-state index contributed by atoms with van der Waals surface area (Å²) < 4.78 is 0. The normalized spacial score (nSPS) is 16.9. The van der Waals surface area contributed by atoms with E-state index in [2.05, 4.69) is 16.9 Å². The second-order valence-corrected chi connectivity index (χ2v) is 8.11. The van der Waals surface area contributed by atoms with Crippen molar-refractivity contribution in [3.63, 3.8) is 0 Å². The number of pyridine rings is 1. The van der Waals surface area contributed by atoms with Gasteiger partial charge in [0.15, 0.2) is 5.82 Å². The molecule has 1 saturated heterocycles. The quantitative estimate of drug-likeness (QED) is 0.620. The van der Waals surface area contributed by atoms with Crippen LogP contribution in [0.1, 0.15) is 23.2 Å². The van der Waals surface area contributed by atoms with Crippen molar-refractivity contribution in [1.29, 1.82) is 0 Å². The third kappa shape index (κ3) is 4.18. The maximum Gasteiger partial charge on any atom is 0.259 e. The van der Waals surface area contributed by atoms with Gasteiger partial charge in [0.2, 0.25) is 0 Å². The Morgan fingerprint density at radius 3 is 2.60 bits per heavy atom. The van der Waals surface area contributed by atoms with Gasteiger partial charge >= 0.3 is 0 Å². The lowest BCUT2D eigenvalue weighted by Crippen LogP contribution is -2.50. The van der Waals surface area contributed by atoms with E-state index in [1.54, 1.807) is 23.2 Å². The van der Waals surface area contributed by atoms with Gasteiger partial charge in [-0.15, -0.1) is 0 Å². The molecule has 0 aliphatic carbocycles. The van der Waals surface area contributed by atoms with Crippen LogP contribution in [0, 0.1) is 0 Å². The zero-order valence-electron chi connectivity index (χ0n) is 17.0. The monoisotopic (exact) mass is 420 g/mol. The average Bonchev–Trinajstić information content (AvgIpc) is 2.76. The van der Waals surface area contributed by atoms with Crippen LogP contribution in [0.4, 0.5) is 11.5 Å². The molecule has 2 heterocycles. The number of carbonyl (C=O) groups excluding carboxylic acids is 1. The Labute approximate surface area is 182 Å². The van der Waals surface area contributed by atoms with Crippen LogP contribution in [0.3, 0.4) is 0 Å². The molecule has 154 valence electrons. The van der Waals surface area contributed by atoms with Gasteiger partial charge in [-0.3, -0.25) is 9.69 Å². The van der Waals surface area contributed by atoms with Crippen LogP contribution < -0.4 is 10.6 Å². The molecule has 6 heteroatoms. The minimum atomic E-state index is -0.0940. The molecular weight excluding hydrogens is 396 g/mol. The van der Waals surface area contributed by atoms with E-state index < -0.39 is 0 Å². The first-order valence-electron chi connectivity index (χ1n) is 10.1. The third-order valence-electron chi connectivity index (χ3n) is 5.55. The molecule has 3 aromatic rings. The lowest BCUT2D eigenvalue weighted by Gasteiger charge is -2.37. The van der Waals surface area contributed by atoms with E-state index in [9.17, 15) is 4.79 Å². The van der Waals surface area contributed by atoms with Crippen molar-refractivity contribution in [3.05, 3.63) is 77.4 Å². The molecule has 1 aromatic heterocycles. The number of nitrogen functional groups attached to an aromatic ring is 1. The fraction of sp³-hybridized carbons (Fsp3) is 0.250. The predicted molar refractivity (Wildman–Crippen MR) is 123 cm³/mol. The zero-order chi connectivity index (χ0) is 21.1. The van der Waals surface area contributed by atoms with Gasteiger partial charge in [-0.1, -0.05) is 41.9 Å². The summed E-state index contributed by atoms with van der Waals surface area (Å²) in [5.41, 5.74) is 9.34. The maximum atomic E-state index is 13.6. The summed E-state index contributed by atoms with van der Waals surface area (Å²) in [7, 11) is 2.08. The number of likely N-dealkylation sites (tertiary alicyclic amines) is 1. The number of carbonyl (C=O) groups is 1. The fourth-order valence-corrected chi connectivity index (χ4v) is 4.24. The van der Waals surface area contributed by atoms with E-state index in [4.69, 9.17) is 17.3 Å². The SMILES string of the molecule is CN1CCC[C@@H](N(C(=O)c2ccc(-c3ccccc3N)cc2)c2ncccc2Cl)C1. The molecule has 0 unspecified atom stereocenters.